The van der Waals surface area contributed by atoms with Gasteiger partial charge in [0.05, 0.1) is 24.1 Å². The van der Waals surface area contributed by atoms with Crippen molar-refractivity contribution in [2.45, 2.75) is 25.2 Å². The predicted molar refractivity (Wildman–Crippen MR) is 95.5 cm³/mol. The van der Waals surface area contributed by atoms with E-state index in [2.05, 4.69) is 4.98 Å². The lowest BCUT2D eigenvalue weighted by Crippen LogP contribution is -2.28. The summed E-state index contributed by atoms with van der Waals surface area (Å²) < 4.78 is 7.52. The number of furan rings is 1. The summed E-state index contributed by atoms with van der Waals surface area (Å²) in [5.41, 5.74) is 0.643. The standard InChI is InChI=1S/C16H17N3O3S2/c1-3-19-15(21)14-12(6-8-23-14)17-16(19)24-10-13(20)18(2)9-11-5-4-7-22-11/h4-8H,3,9-10H2,1-2H3. The van der Waals surface area contributed by atoms with Gasteiger partial charge in [-0.15, -0.1) is 11.3 Å². The summed E-state index contributed by atoms with van der Waals surface area (Å²) >= 11 is 2.68. The molecule has 0 aromatic carbocycles. The first-order valence-electron chi connectivity index (χ1n) is 7.47. The van der Waals surface area contributed by atoms with Gasteiger partial charge in [-0.25, -0.2) is 4.98 Å². The second-order valence-corrected chi connectivity index (χ2v) is 7.06. The number of nitrogens with zero attached hydrogens (tertiary/aromatic N) is 3. The first kappa shape index (κ1) is 16.8. The van der Waals surface area contributed by atoms with E-state index >= 15 is 0 Å². The zero-order chi connectivity index (χ0) is 17.1. The average Bonchev–Trinajstić information content (AvgIpc) is 3.24. The van der Waals surface area contributed by atoms with Crippen LogP contribution in [0.1, 0.15) is 12.7 Å². The molecular weight excluding hydrogens is 346 g/mol. The number of hydrogen-bond acceptors (Lipinski definition) is 6. The van der Waals surface area contributed by atoms with Crippen LogP contribution in [0.15, 0.2) is 44.2 Å². The molecule has 0 aliphatic carbocycles. The molecule has 8 heteroatoms. The third kappa shape index (κ3) is 3.39. The molecule has 0 bridgehead atoms. The Labute approximate surface area is 147 Å². The van der Waals surface area contributed by atoms with Crippen molar-refractivity contribution in [2.24, 2.45) is 0 Å². The molecule has 3 aromatic heterocycles. The van der Waals surface area contributed by atoms with Gasteiger partial charge < -0.3 is 9.32 Å². The van der Waals surface area contributed by atoms with Crippen molar-refractivity contribution in [1.82, 2.24) is 14.5 Å². The van der Waals surface area contributed by atoms with Crippen LogP contribution in [-0.4, -0.2) is 33.2 Å². The molecule has 0 atom stereocenters. The van der Waals surface area contributed by atoms with Gasteiger partial charge in [-0.1, -0.05) is 11.8 Å². The van der Waals surface area contributed by atoms with Crippen LogP contribution in [0.3, 0.4) is 0 Å². The quantitative estimate of drug-likeness (QED) is 0.498. The summed E-state index contributed by atoms with van der Waals surface area (Å²) in [6.45, 7) is 2.85. The molecule has 1 amide bonds. The Bertz CT molecular complexity index is 899. The maximum atomic E-state index is 12.4. The molecule has 3 aromatic rings. The molecule has 0 saturated carbocycles. The van der Waals surface area contributed by atoms with Crippen LogP contribution in [0.2, 0.25) is 0 Å². The molecule has 3 heterocycles. The van der Waals surface area contributed by atoms with Gasteiger partial charge in [-0.05, 0) is 30.5 Å². The Kier molecular flexibility index (Phi) is 5.06. The second kappa shape index (κ2) is 7.23. The van der Waals surface area contributed by atoms with Crippen LogP contribution in [0.4, 0.5) is 0 Å². The molecule has 0 unspecified atom stereocenters. The lowest BCUT2D eigenvalue weighted by atomic mass is 10.4. The molecule has 0 spiro atoms. The van der Waals surface area contributed by atoms with E-state index in [1.807, 2.05) is 24.4 Å². The highest BCUT2D eigenvalue weighted by molar-refractivity contribution is 7.99. The van der Waals surface area contributed by atoms with Crippen molar-refractivity contribution >= 4 is 39.2 Å². The summed E-state index contributed by atoms with van der Waals surface area (Å²) in [6.07, 6.45) is 1.59. The molecule has 6 nitrogen and oxygen atoms in total. The van der Waals surface area contributed by atoms with E-state index in [9.17, 15) is 9.59 Å². The number of carbonyl (C=O) groups is 1. The average molecular weight is 363 g/mol. The number of carbonyl (C=O) groups excluding carboxylic acids is 1. The van der Waals surface area contributed by atoms with Crippen molar-refractivity contribution < 1.29 is 9.21 Å². The number of thioether (sulfide) groups is 1. The molecule has 3 rings (SSSR count). The third-order valence-corrected chi connectivity index (χ3v) is 5.42. The Morgan fingerprint density at radius 1 is 1.46 bits per heavy atom. The number of aromatic nitrogens is 2. The molecule has 24 heavy (non-hydrogen) atoms. The minimum Gasteiger partial charge on any atom is -0.467 e. The van der Waals surface area contributed by atoms with E-state index in [1.165, 1.54) is 23.1 Å². The maximum Gasteiger partial charge on any atom is 0.272 e. The highest BCUT2D eigenvalue weighted by Crippen LogP contribution is 2.21. The molecule has 126 valence electrons. The Balaban J connectivity index is 1.73. The van der Waals surface area contributed by atoms with E-state index in [0.29, 0.717) is 28.5 Å². The molecule has 0 radical (unpaired) electrons. The van der Waals surface area contributed by atoms with Gasteiger partial charge in [0.2, 0.25) is 5.91 Å². The van der Waals surface area contributed by atoms with Gasteiger partial charge in [-0.2, -0.15) is 0 Å². The highest BCUT2D eigenvalue weighted by atomic mass is 32.2. The van der Waals surface area contributed by atoms with Gasteiger partial charge in [0.15, 0.2) is 5.16 Å². The molecule has 0 aliphatic rings. The van der Waals surface area contributed by atoms with Gasteiger partial charge in [0, 0.05) is 13.6 Å². The summed E-state index contributed by atoms with van der Waals surface area (Å²) in [6, 6.07) is 5.45. The van der Waals surface area contributed by atoms with Gasteiger partial charge >= 0.3 is 0 Å². The summed E-state index contributed by atoms with van der Waals surface area (Å²) in [4.78, 5) is 30.9. The first-order valence-corrected chi connectivity index (χ1v) is 9.34. The van der Waals surface area contributed by atoms with Crippen molar-refractivity contribution in [3.63, 3.8) is 0 Å². The van der Waals surface area contributed by atoms with E-state index in [1.54, 1.807) is 28.8 Å². The summed E-state index contributed by atoms with van der Waals surface area (Å²) in [5.74, 6) is 0.914. The zero-order valence-electron chi connectivity index (χ0n) is 13.4. The lowest BCUT2D eigenvalue weighted by molar-refractivity contribution is -0.127. The predicted octanol–water partition coefficient (Wildman–Crippen LogP) is 2.82. The van der Waals surface area contributed by atoms with Crippen LogP contribution in [0.5, 0.6) is 0 Å². The number of amides is 1. The Morgan fingerprint density at radius 3 is 3.00 bits per heavy atom. The number of rotatable bonds is 6. The largest absolute Gasteiger partial charge is 0.467 e. The second-order valence-electron chi connectivity index (χ2n) is 5.20. The van der Waals surface area contributed by atoms with Gasteiger partial charge in [0.1, 0.15) is 10.5 Å². The lowest BCUT2D eigenvalue weighted by Gasteiger charge is -2.16. The molecule has 0 saturated heterocycles. The highest BCUT2D eigenvalue weighted by Gasteiger charge is 2.15. The van der Waals surface area contributed by atoms with Crippen LogP contribution in [0, 0.1) is 0 Å². The zero-order valence-corrected chi connectivity index (χ0v) is 15.0. The minimum atomic E-state index is -0.0450. The van der Waals surface area contributed by atoms with Gasteiger partial charge in [0.25, 0.3) is 5.56 Å². The SMILES string of the molecule is CCn1c(SCC(=O)N(C)Cc2ccco2)nc2ccsc2c1=O. The van der Waals surface area contributed by atoms with Crippen molar-refractivity contribution in [3.05, 3.63) is 46.0 Å². The number of thiophene rings is 1. The van der Waals surface area contributed by atoms with Crippen LogP contribution < -0.4 is 5.56 Å². The Morgan fingerprint density at radius 2 is 2.29 bits per heavy atom. The minimum absolute atomic E-state index is 0.0429. The van der Waals surface area contributed by atoms with E-state index in [-0.39, 0.29) is 17.2 Å². The third-order valence-electron chi connectivity index (χ3n) is 3.57. The van der Waals surface area contributed by atoms with E-state index < -0.39 is 0 Å². The smallest absolute Gasteiger partial charge is 0.272 e. The monoisotopic (exact) mass is 363 g/mol. The first-order chi connectivity index (χ1) is 11.6. The molecular formula is C16H17N3O3S2. The fourth-order valence-electron chi connectivity index (χ4n) is 2.27. The fourth-order valence-corrected chi connectivity index (χ4v) is 4.06. The number of fused-ring (bicyclic) bond motifs is 1. The van der Waals surface area contributed by atoms with Crippen molar-refractivity contribution in [1.29, 1.82) is 0 Å². The summed E-state index contributed by atoms with van der Waals surface area (Å²) in [7, 11) is 1.73. The van der Waals surface area contributed by atoms with Crippen molar-refractivity contribution in [3.8, 4) is 0 Å². The van der Waals surface area contributed by atoms with Crippen LogP contribution in [0.25, 0.3) is 10.2 Å². The topological polar surface area (TPSA) is 68.3 Å². The Hall–Kier alpha value is -2.06. The maximum absolute atomic E-state index is 12.4. The van der Waals surface area contributed by atoms with Crippen molar-refractivity contribution in [2.75, 3.05) is 12.8 Å². The van der Waals surface area contributed by atoms with E-state index in [0.717, 1.165) is 5.76 Å². The normalized spacial score (nSPS) is 11.1. The number of hydrogen-bond donors (Lipinski definition) is 0. The fraction of sp³-hybridized carbons (Fsp3) is 0.312. The molecule has 0 aliphatic heterocycles. The summed E-state index contributed by atoms with van der Waals surface area (Å²) in [5, 5.41) is 2.43. The van der Waals surface area contributed by atoms with Crippen LogP contribution >= 0.6 is 23.1 Å². The van der Waals surface area contributed by atoms with Crippen LogP contribution in [-0.2, 0) is 17.9 Å². The van der Waals surface area contributed by atoms with E-state index in [4.69, 9.17) is 4.42 Å². The molecule has 0 fully saturated rings. The molecule has 0 N–H and O–H groups in total. The van der Waals surface area contributed by atoms with Gasteiger partial charge in [-0.3, -0.25) is 14.2 Å².